The Morgan fingerprint density at radius 3 is 2.57 bits per heavy atom. The number of hydrogen-bond acceptors (Lipinski definition) is 10. The molecule has 1 aromatic heterocycles. The zero-order valence-electron chi connectivity index (χ0n) is 15.3. The zero-order chi connectivity index (χ0) is 23.3. The lowest BCUT2D eigenvalue weighted by Crippen LogP contribution is -2.42. The Hall–Kier alpha value is -0.870. The van der Waals surface area contributed by atoms with Crippen LogP contribution >= 0.6 is 27.9 Å². The van der Waals surface area contributed by atoms with Gasteiger partial charge in [-0.2, -0.15) is 4.31 Å². The van der Waals surface area contributed by atoms with Crippen molar-refractivity contribution in [2.75, 3.05) is 6.56 Å². The minimum absolute atomic E-state index is 0.334. The fourth-order valence-corrected chi connectivity index (χ4v) is 3.79. The van der Waals surface area contributed by atoms with Gasteiger partial charge in [-0.25, -0.2) is 13.5 Å². The van der Waals surface area contributed by atoms with Crippen molar-refractivity contribution in [2.45, 2.75) is 30.9 Å². The first-order valence-electron chi connectivity index (χ1n) is 7.92. The van der Waals surface area contributed by atoms with Crippen molar-refractivity contribution in [3.8, 4) is 0 Å². The molecular weight excluding hydrogens is 453 g/mol. The highest BCUT2D eigenvalue weighted by Gasteiger charge is 2.57. The van der Waals surface area contributed by atoms with Crippen molar-refractivity contribution in [1.82, 2.24) is 9.55 Å². The highest BCUT2D eigenvalue weighted by molar-refractivity contribution is 7.71. The van der Waals surface area contributed by atoms with Crippen molar-refractivity contribution in [3.05, 3.63) is 26.9 Å². The lowest BCUT2D eigenvalue weighted by Gasteiger charge is -2.24. The Balaban J connectivity index is 2.43. The van der Waals surface area contributed by atoms with Gasteiger partial charge in [-0.3, -0.25) is 18.9 Å². The van der Waals surface area contributed by atoms with E-state index >= 15 is 4.39 Å². The predicted molar refractivity (Wildman–Crippen MR) is 86.7 cm³/mol. The number of aliphatic hydroxyl groups excluding tert-OH is 3. The van der Waals surface area contributed by atoms with Crippen LogP contribution in [0.2, 0.25) is 0 Å². The lowest BCUT2D eigenvalue weighted by atomic mass is 10.1. The van der Waals surface area contributed by atoms with Crippen LogP contribution in [0.5, 0.6) is 0 Å². The van der Waals surface area contributed by atoms with E-state index in [9.17, 15) is 29.0 Å². The SMILES string of the molecule is [2H]C([2H])(OP(=O)(O)OP(=O)(O)O)[C@@]1(F)O[C@@H](n2cc(CO)c(=O)[nH]c2=S)[C@H](O)[C@@H]1O. The molecule has 0 spiro atoms. The van der Waals surface area contributed by atoms with Crippen LogP contribution in [0.4, 0.5) is 4.39 Å². The van der Waals surface area contributed by atoms with E-state index < -0.39 is 63.4 Å². The molecule has 7 N–H and O–H groups in total. The summed E-state index contributed by atoms with van der Waals surface area (Å²) < 4.78 is 64.5. The van der Waals surface area contributed by atoms with Gasteiger partial charge in [0, 0.05) is 6.20 Å². The van der Waals surface area contributed by atoms with E-state index in [1.807, 2.05) is 0 Å². The summed E-state index contributed by atoms with van der Waals surface area (Å²) in [4.78, 5) is 40.0. The molecule has 5 atom stereocenters. The Kier molecular flexibility index (Phi) is 5.90. The Morgan fingerprint density at radius 1 is 1.43 bits per heavy atom. The third-order valence-electron chi connectivity index (χ3n) is 3.28. The number of phosphoric ester groups is 1. The summed E-state index contributed by atoms with van der Waals surface area (Å²) in [6.07, 6.45) is -6.34. The number of H-pyrrole nitrogens is 1. The van der Waals surface area contributed by atoms with Crippen LogP contribution in [-0.4, -0.2) is 64.2 Å². The summed E-state index contributed by atoms with van der Waals surface area (Å²) in [6, 6.07) is 0. The van der Waals surface area contributed by atoms with Crippen LogP contribution in [0, 0.1) is 4.77 Å². The summed E-state index contributed by atoms with van der Waals surface area (Å²) in [5.41, 5.74) is -1.17. The van der Waals surface area contributed by atoms with E-state index in [1.54, 1.807) is 0 Å². The molecular formula is C10H15FN2O12P2S. The molecule has 1 unspecified atom stereocenters. The molecule has 160 valence electrons. The molecule has 0 aliphatic carbocycles. The smallest absolute Gasteiger partial charge is 0.391 e. The second-order valence-electron chi connectivity index (χ2n) is 5.30. The number of aliphatic hydroxyl groups is 3. The van der Waals surface area contributed by atoms with Crippen LogP contribution in [0.1, 0.15) is 14.5 Å². The summed E-state index contributed by atoms with van der Waals surface area (Å²) >= 11 is 4.81. The largest absolute Gasteiger partial charge is 0.481 e. The average molecular weight is 470 g/mol. The van der Waals surface area contributed by atoms with Gasteiger partial charge in [-0.05, 0) is 12.2 Å². The molecule has 0 radical (unpaired) electrons. The Bertz CT molecular complexity index is 1030. The minimum atomic E-state index is -5.96. The third-order valence-corrected chi connectivity index (χ3v) is 5.60. The maximum Gasteiger partial charge on any atom is 0.481 e. The maximum atomic E-state index is 15.2. The van der Waals surface area contributed by atoms with E-state index in [2.05, 4.69) is 18.6 Å². The first-order valence-corrected chi connectivity index (χ1v) is 10.4. The van der Waals surface area contributed by atoms with Crippen LogP contribution in [0.15, 0.2) is 11.0 Å². The molecule has 28 heavy (non-hydrogen) atoms. The quantitative estimate of drug-likeness (QED) is 0.179. The second-order valence-corrected chi connectivity index (χ2v) is 8.44. The number of nitrogens with zero attached hydrogens (tertiary/aromatic N) is 1. The van der Waals surface area contributed by atoms with Gasteiger partial charge in [-0.1, -0.05) is 0 Å². The molecule has 1 fully saturated rings. The normalized spacial score (nSPS) is 31.9. The van der Waals surface area contributed by atoms with Crippen molar-refractivity contribution < 1.29 is 59.8 Å². The Labute approximate surface area is 162 Å². The zero-order valence-corrected chi connectivity index (χ0v) is 15.9. The third kappa shape index (κ3) is 5.18. The topological polar surface area (TPSA) is 221 Å². The number of phosphoric acid groups is 2. The molecule has 2 heterocycles. The monoisotopic (exact) mass is 470 g/mol. The molecule has 0 saturated carbocycles. The number of alkyl halides is 1. The van der Waals surface area contributed by atoms with Gasteiger partial charge in [0.05, 0.1) is 14.9 Å². The summed E-state index contributed by atoms with van der Waals surface area (Å²) in [5.74, 6) is -4.11. The maximum absolute atomic E-state index is 15.2. The number of halogens is 1. The van der Waals surface area contributed by atoms with Crippen molar-refractivity contribution in [2.24, 2.45) is 0 Å². The fourth-order valence-electron chi connectivity index (χ4n) is 2.10. The highest BCUT2D eigenvalue weighted by Crippen LogP contribution is 2.58. The van der Waals surface area contributed by atoms with E-state index in [0.717, 1.165) is 6.20 Å². The predicted octanol–water partition coefficient (Wildman–Crippen LogP) is -1.46. The van der Waals surface area contributed by atoms with Crippen LogP contribution < -0.4 is 5.56 Å². The molecule has 0 amide bonds. The van der Waals surface area contributed by atoms with Crippen molar-refractivity contribution in [1.29, 1.82) is 0 Å². The van der Waals surface area contributed by atoms with E-state index in [0.29, 0.717) is 4.57 Å². The number of hydrogen-bond donors (Lipinski definition) is 7. The number of aromatic amines is 1. The highest BCUT2D eigenvalue weighted by atomic mass is 32.1. The molecule has 1 aliphatic rings. The van der Waals surface area contributed by atoms with Gasteiger partial charge in [0.2, 0.25) is 0 Å². The average Bonchev–Trinajstić information content (AvgIpc) is 2.77. The Morgan fingerprint density at radius 2 is 2.04 bits per heavy atom. The molecule has 0 aromatic carbocycles. The number of nitrogens with one attached hydrogen (secondary N) is 1. The fraction of sp³-hybridized carbons (Fsp3) is 0.600. The molecule has 1 saturated heterocycles. The van der Waals surface area contributed by atoms with Gasteiger partial charge in [0.15, 0.2) is 11.0 Å². The van der Waals surface area contributed by atoms with Crippen LogP contribution in [-0.2, 0) is 29.3 Å². The summed E-state index contributed by atoms with van der Waals surface area (Å²) in [6.45, 7) is -4.96. The van der Waals surface area contributed by atoms with Crippen molar-refractivity contribution >= 4 is 27.9 Å². The standard InChI is InChI=1S/C10H15FN2O12P2S/c11-10(3-23-27(21,22)25-26(18,19)20)6(16)5(15)8(24-10)13-1-4(2-14)7(17)12-9(13)28/h1,5-6,8,14-16H,2-3H2,(H,21,22)(H,12,17,28)(H2,18,19,20)/t5-,6+,8-,10-/m1/s1/i3D2. The molecule has 0 bridgehead atoms. The molecule has 1 aliphatic heterocycles. The number of rotatable bonds is 7. The van der Waals surface area contributed by atoms with E-state index in [1.165, 1.54) is 0 Å². The van der Waals surface area contributed by atoms with E-state index in [4.69, 9.17) is 29.9 Å². The van der Waals surface area contributed by atoms with Crippen LogP contribution in [0.25, 0.3) is 0 Å². The first-order chi connectivity index (χ1) is 13.4. The van der Waals surface area contributed by atoms with E-state index in [-0.39, 0.29) is 5.56 Å². The van der Waals surface area contributed by atoms with Crippen molar-refractivity contribution in [3.63, 3.8) is 0 Å². The number of ether oxygens (including phenoxy) is 1. The first kappa shape index (κ1) is 20.4. The minimum Gasteiger partial charge on any atom is -0.391 e. The second kappa shape index (κ2) is 8.10. The molecule has 14 nitrogen and oxygen atoms in total. The van der Waals surface area contributed by atoms with Crippen LogP contribution in [0.3, 0.4) is 0 Å². The number of aromatic nitrogens is 2. The lowest BCUT2D eigenvalue weighted by molar-refractivity contribution is -0.204. The summed E-state index contributed by atoms with van der Waals surface area (Å²) in [5, 5.41) is 29.2. The van der Waals surface area contributed by atoms with Gasteiger partial charge < -0.3 is 34.7 Å². The van der Waals surface area contributed by atoms with Gasteiger partial charge >= 0.3 is 15.6 Å². The molecule has 1 aromatic rings. The van der Waals surface area contributed by atoms with Gasteiger partial charge in [0.25, 0.3) is 11.4 Å². The summed E-state index contributed by atoms with van der Waals surface area (Å²) in [7, 11) is -11.6. The van der Waals surface area contributed by atoms with Gasteiger partial charge in [0.1, 0.15) is 18.8 Å². The van der Waals surface area contributed by atoms with Gasteiger partial charge in [-0.15, -0.1) is 0 Å². The molecule has 18 heteroatoms. The molecule has 2 rings (SSSR count).